The van der Waals surface area contributed by atoms with Gasteiger partial charge in [0.25, 0.3) is 5.91 Å². The van der Waals surface area contributed by atoms with Crippen molar-refractivity contribution >= 4 is 61.8 Å². The monoisotopic (exact) mass is 510 g/mol. The van der Waals surface area contributed by atoms with Crippen molar-refractivity contribution in [1.29, 1.82) is 0 Å². The second-order valence-corrected chi connectivity index (χ2v) is 9.64. The van der Waals surface area contributed by atoms with E-state index >= 15 is 0 Å². The third-order valence-electron chi connectivity index (χ3n) is 5.28. The second-order valence-electron chi connectivity index (χ2n) is 8.32. The summed E-state index contributed by atoms with van der Waals surface area (Å²) in [6.07, 6.45) is 0.647. The van der Waals surface area contributed by atoms with E-state index in [4.69, 9.17) is 21.3 Å². The van der Waals surface area contributed by atoms with E-state index in [0.717, 1.165) is 26.8 Å². The van der Waals surface area contributed by atoms with Crippen molar-refractivity contribution < 1.29 is 9.53 Å². The number of benzene rings is 3. The largest absolute Gasteiger partial charge is 0.486 e. The van der Waals surface area contributed by atoms with Gasteiger partial charge in [-0.1, -0.05) is 39.7 Å². The lowest BCUT2D eigenvalue weighted by molar-refractivity contribution is 0.101. The fourth-order valence-corrected chi connectivity index (χ4v) is 4.32. The molecule has 3 aromatic carbocycles. The van der Waals surface area contributed by atoms with Crippen LogP contribution in [0.3, 0.4) is 0 Å². The summed E-state index contributed by atoms with van der Waals surface area (Å²) in [5.74, 6) is 0.886. The predicted octanol–water partition coefficient (Wildman–Crippen LogP) is 6.69. The van der Waals surface area contributed by atoms with Gasteiger partial charge in [-0.15, -0.1) is 0 Å². The van der Waals surface area contributed by atoms with E-state index in [2.05, 4.69) is 31.5 Å². The van der Waals surface area contributed by atoms with Gasteiger partial charge in [-0.3, -0.25) is 4.79 Å². The molecule has 0 saturated carbocycles. The Bertz CT molecular complexity index is 1350. The lowest BCUT2D eigenvalue weighted by Crippen LogP contribution is -2.25. The van der Waals surface area contributed by atoms with Crippen LogP contribution in [-0.4, -0.2) is 21.5 Å². The molecule has 4 aromatic rings. The molecule has 0 fully saturated rings. The maximum Gasteiger partial charge on any atom is 0.259 e. The number of hydrogen-bond donors (Lipinski definition) is 3. The van der Waals surface area contributed by atoms with Gasteiger partial charge in [0.1, 0.15) is 11.4 Å². The number of carbonyl (C=O) groups is 1. The van der Waals surface area contributed by atoms with Crippen molar-refractivity contribution in [3.63, 3.8) is 0 Å². The van der Waals surface area contributed by atoms with Crippen molar-refractivity contribution in [2.24, 2.45) is 0 Å². The molecule has 5 rings (SSSR count). The highest BCUT2D eigenvalue weighted by molar-refractivity contribution is 9.10. The number of imidazole rings is 1. The van der Waals surface area contributed by atoms with Gasteiger partial charge in [0, 0.05) is 22.1 Å². The van der Waals surface area contributed by atoms with Crippen molar-refractivity contribution in [2.45, 2.75) is 25.9 Å². The van der Waals surface area contributed by atoms with E-state index in [1.807, 2.05) is 62.4 Å². The molecule has 2 heterocycles. The molecule has 0 aliphatic carbocycles. The maximum absolute atomic E-state index is 13.2. The summed E-state index contributed by atoms with van der Waals surface area (Å²) in [5.41, 5.74) is 3.93. The molecule has 1 amide bonds. The Morgan fingerprint density at radius 2 is 1.94 bits per heavy atom. The van der Waals surface area contributed by atoms with Gasteiger partial charge >= 0.3 is 0 Å². The second kappa shape index (κ2) is 7.83. The highest BCUT2D eigenvalue weighted by atomic mass is 79.9. The van der Waals surface area contributed by atoms with Crippen LogP contribution in [0.25, 0.3) is 11.0 Å². The van der Waals surface area contributed by atoms with E-state index in [-0.39, 0.29) is 5.91 Å². The van der Waals surface area contributed by atoms with Crippen LogP contribution in [0.5, 0.6) is 5.75 Å². The zero-order valence-electron chi connectivity index (χ0n) is 17.4. The van der Waals surface area contributed by atoms with Crippen molar-refractivity contribution in [1.82, 2.24) is 9.97 Å². The molecular formula is C24H20BrClN4O2. The van der Waals surface area contributed by atoms with Gasteiger partial charge in [-0.05, 0) is 56.3 Å². The van der Waals surface area contributed by atoms with Crippen LogP contribution in [0.15, 0.2) is 59.1 Å². The number of nitrogens with zero attached hydrogens (tertiary/aromatic N) is 1. The molecule has 1 aromatic heterocycles. The molecule has 0 radical (unpaired) electrons. The first-order chi connectivity index (χ1) is 15.3. The molecule has 0 saturated heterocycles. The Labute approximate surface area is 198 Å². The van der Waals surface area contributed by atoms with Crippen molar-refractivity contribution in [3.05, 3.63) is 75.2 Å². The summed E-state index contributed by atoms with van der Waals surface area (Å²) in [6.45, 7) is 4.01. The number of anilines is 3. The van der Waals surface area contributed by atoms with Gasteiger partial charge in [-0.25, -0.2) is 4.98 Å². The number of amides is 1. The van der Waals surface area contributed by atoms with Gasteiger partial charge in [-0.2, -0.15) is 0 Å². The Balaban J connectivity index is 1.55. The summed E-state index contributed by atoms with van der Waals surface area (Å²) in [6, 6.07) is 16.7. The van der Waals surface area contributed by atoms with Crippen LogP contribution >= 0.6 is 27.5 Å². The minimum Gasteiger partial charge on any atom is -0.486 e. The van der Waals surface area contributed by atoms with E-state index in [9.17, 15) is 4.79 Å². The number of carbonyl (C=O) groups excluding carboxylic acids is 1. The number of ether oxygens (including phenoxy) is 1. The number of aromatic nitrogens is 2. The topological polar surface area (TPSA) is 79.0 Å². The van der Waals surface area contributed by atoms with E-state index in [1.165, 1.54) is 0 Å². The molecule has 32 heavy (non-hydrogen) atoms. The van der Waals surface area contributed by atoms with Crippen molar-refractivity contribution in [2.75, 3.05) is 10.6 Å². The smallest absolute Gasteiger partial charge is 0.259 e. The molecule has 0 bridgehead atoms. The Morgan fingerprint density at radius 1 is 1.19 bits per heavy atom. The van der Waals surface area contributed by atoms with Crippen LogP contribution in [0.1, 0.15) is 29.8 Å². The predicted molar refractivity (Wildman–Crippen MR) is 131 cm³/mol. The molecular weight excluding hydrogens is 492 g/mol. The lowest BCUT2D eigenvalue weighted by Gasteiger charge is -2.18. The molecule has 0 unspecified atom stereocenters. The third-order valence-corrected chi connectivity index (χ3v) is 6.14. The molecule has 1 aliphatic heterocycles. The molecule has 3 N–H and O–H groups in total. The molecule has 8 heteroatoms. The van der Waals surface area contributed by atoms with Gasteiger partial charge in [0.05, 0.1) is 27.3 Å². The quantitative estimate of drug-likeness (QED) is 0.285. The number of H-pyrrole nitrogens is 1. The zero-order chi connectivity index (χ0) is 22.5. The number of para-hydroxylation sites is 1. The van der Waals surface area contributed by atoms with Crippen LogP contribution in [0, 0.1) is 0 Å². The van der Waals surface area contributed by atoms with Gasteiger partial charge in [0.2, 0.25) is 5.95 Å². The fourth-order valence-electron chi connectivity index (χ4n) is 3.87. The number of fused-ring (bicyclic) bond motifs is 3. The first-order valence-corrected chi connectivity index (χ1v) is 11.3. The van der Waals surface area contributed by atoms with Crippen LogP contribution in [0.4, 0.5) is 17.3 Å². The molecule has 0 atom stereocenters. The van der Waals surface area contributed by atoms with Crippen LogP contribution < -0.4 is 15.4 Å². The Morgan fingerprint density at radius 3 is 2.69 bits per heavy atom. The number of aromatic amines is 1. The van der Waals surface area contributed by atoms with Gasteiger partial charge in [0.15, 0.2) is 0 Å². The lowest BCUT2D eigenvalue weighted by atomic mass is 9.98. The number of hydrogen-bond acceptors (Lipinski definition) is 4. The van der Waals surface area contributed by atoms with Crippen LogP contribution in [-0.2, 0) is 6.42 Å². The standard InChI is InChI=1S/C24H20BrClN4O2/c1-24(2)12-16-20-19(29-23(30-20)28-18-6-4-3-5-17(18)26)11-15(21(16)32-24)22(31)27-14-9-7-13(25)8-10-14/h3-11H,12H2,1-2H3,(H,27,31)(H2,28,29,30). The summed E-state index contributed by atoms with van der Waals surface area (Å²) in [5, 5.41) is 6.77. The van der Waals surface area contributed by atoms with Crippen molar-refractivity contribution in [3.8, 4) is 5.75 Å². The normalized spacial score (nSPS) is 14.1. The third kappa shape index (κ3) is 3.94. The summed E-state index contributed by atoms with van der Waals surface area (Å²) in [4.78, 5) is 21.2. The highest BCUT2D eigenvalue weighted by Gasteiger charge is 2.36. The number of rotatable bonds is 4. The van der Waals surface area contributed by atoms with Gasteiger partial charge < -0.3 is 20.4 Å². The minimum atomic E-state index is -0.432. The van der Waals surface area contributed by atoms with Crippen LogP contribution in [0.2, 0.25) is 5.02 Å². The molecule has 0 spiro atoms. The average Bonchev–Trinajstić information content (AvgIpc) is 3.29. The average molecular weight is 512 g/mol. The van der Waals surface area contributed by atoms with E-state index in [1.54, 1.807) is 6.07 Å². The summed E-state index contributed by atoms with van der Waals surface area (Å²) < 4.78 is 7.14. The maximum atomic E-state index is 13.2. The fraction of sp³-hybridized carbons (Fsp3) is 0.167. The Kier molecular flexibility index (Phi) is 5.10. The number of nitrogens with one attached hydrogen (secondary N) is 3. The first-order valence-electron chi connectivity index (χ1n) is 10.1. The molecule has 1 aliphatic rings. The van der Waals surface area contributed by atoms with E-state index in [0.29, 0.717) is 34.4 Å². The summed E-state index contributed by atoms with van der Waals surface area (Å²) in [7, 11) is 0. The minimum absolute atomic E-state index is 0.238. The molecule has 6 nitrogen and oxygen atoms in total. The number of halogens is 2. The SMILES string of the molecule is CC1(C)Cc2c(c(C(=O)Nc3ccc(Br)cc3)cc3[nH]c(Nc4ccccc4Cl)nc23)O1. The summed E-state index contributed by atoms with van der Waals surface area (Å²) >= 11 is 9.69. The van der Waals surface area contributed by atoms with E-state index < -0.39 is 5.60 Å². The first kappa shape index (κ1) is 20.8. The molecule has 162 valence electrons. The Hall–Kier alpha value is -3.03. The highest BCUT2D eigenvalue weighted by Crippen LogP contribution is 2.42. The zero-order valence-corrected chi connectivity index (χ0v) is 19.8.